The van der Waals surface area contributed by atoms with Crippen molar-refractivity contribution in [3.05, 3.63) is 98.8 Å². The molecule has 178 valence electrons. The molecule has 7 heteroatoms. The fourth-order valence-electron chi connectivity index (χ4n) is 5.19. The van der Waals surface area contributed by atoms with Crippen LogP contribution in [0.4, 0.5) is 5.69 Å². The molecule has 2 heterocycles. The van der Waals surface area contributed by atoms with Crippen molar-refractivity contribution in [1.82, 2.24) is 0 Å². The number of amides is 1. The van der Waals surface area contributed by atoms with Gasteiger partial charge in [0.2, 0.25) is 5.91 Å². The lowest BCUT2D eigenvalue weighted by Crippen LogP contribution is -2.46. The van der Waals surface area contributed by atoms with Crippen LogP contribution in [0.25, 0.3) is 0 Å². The minimum Gasteiger partial charge on any atom is -0.465 e. The lowest BCUT2D eigenvalue weighted by atomic mass is 9.69. The number of esters is 1. The first-order valence-corrected chi connectivity index (χ1v) is 12.9. The van der Waals surface area contributed by atoms with Gasteiger partial charge in [-0.2, -0.15) is 0 Å². The van der Waals surface area contributed by atoms with Gasteiger partial charge in [0.15, 0.2) is 5.78 Å². The number of thiophene rings is 1. The van der Waals surface area contributed by atoms with Crippen LogP contribution in [-0.2, 0) is 19.1 Å². The highest BCUT2D eigenvalue weighted by atomic mass is 35.5. The number of carbonyl (C=O) groups is 3. The fraction of sp³-hybridized carbons (Fsp3) is 0.250. The van der Waals surface area contributed by atoms with Gasteiger partial charge in [-0.25, -0.2) is 0 Å². The van der Waals surface area contributed by atoms with Crippen LogP contribution in [0.1, 0.15) is 42.0 Å². The molecule has 0 fully saturated rings. The molecule has 1 aliphatic heterocycles. The van der Waals surface area contributed by atoms with E-state index in [1.807, 2.05) is 60.0 Å². The second-order valence-electron chi connectivity index (χ2n) is 8.66. The maximum absolute atomic E-state index is 14.2. The molecule has 3 aromatic rings. The number of ether oxygens (including phenoxy) is 1. The van der Waals surface area contributed by atoms with Gasteiger partial charge in [-0.3, -0.25) is 19.3 Å². The van der Waals surface area contributed by atoms with Crippen LogP contribution in [0.3, 0.4) is 0 Å². The first kappa shape index (κ1) is 23.5. The molecular formula is C28H24ClNO4S. The van der Waals surface area contributed by atoms with E-state index in [9.17, 15) is 14.4 Å². The van der Waals surface area contributed by atoms with Gasteiger partial charge >= 0.3 is 5.97 Å². The van der Waals surface area contributed by atoms with Crippen LogP contribution in [0.2, 0.25) is 5.02 Å². The molecule has 35 heavy (non-hydrogen) atoms. The van der Waals surface area contributed by atoms with E-state index in [0.717, 1.165) is 10.4 Å². The molecule has 0 saturated heterocycles. The second-order valence-corrected chi connectivity index (χ2v) is 10.1. The topological polar surface area (TPSA) is 63.7 Å². The van der Waals surface area contributed by atoms with E-state index in [1.165, 1.54) is 11.3 Å². The molecule has 2 aromatic carbocycles. The molecule has 1 aromatic heterocycles. The number of para-hydroxylation sites is 1. The first-order chi connectivity index (χ1) is 17.0. The Morgan fingerprint density at radius 3 is 2.54 bits per heavy atom. The smallest absolute Gasteiger partial charge is 0.317 e. The lowest BCUT2D eigenvalue weighted by molar-refractivity contribution is -0.152. The third kappa shape index (κ3) is 4.32. The molecule has 0 bridgehead atoms. The maximum atomic E-state index is 14.2. The van der Waals surface area contributed by atoms with Gasteiger partial charge in [0.05, 0.1) is 6.61 Å². The standard InChI is InChI=1S/C28H24ClNO4S/c1-2-34-28(33)26-21(23-12-7-13-35-23)15-22-25(27(26)32)20(17-8-6-9-18(29)14-17)16-24(31)30(22)19-10-4-3-5-11-19/h3-14,20-21,26H,2,15-16H2,1H3/t20-,21-,26+/m0/s1. The van der Waals surface area contributed by atoms with Crippen LogP contribution in [-0.4, -0.2) is 24.3 Å². The zero-order chi connectivity index (χ0) is 24.5. The molecule has 1 aliphatic carbocycles. The third-order valence-electron chi connectivity index (χ3n) is 6.64. The van der Waals surface area contributed by atoms with E-state index in [4.69, 9.17) is 16.3 Å². The Hall–Kier alpha value is -3.22. The van der Waals surface area contributed by atoms with E-state index in [0.29, 0.717) is 28.4 Å². The van der Waals surface area contributed by atoms with Crippen LogP contribution in [0.15, 0.2) is 83.4 Å². The van der Waals surface area contributed by atoms with E-state index in [-0.39, 0.29) is 24.7 Å². The predicted octanol–water partition coefficient (Wildman–Crippen LogP) is 6.11. The molecule has 2 aliphatic rings. The highest BCUT2D eigenvalue weighted by molar-refractivity contribution is 7.10. The van der Waals surface area contributed by atoms with Crippen LogP contribution >= 0.6 is 22.9 Å². The normalized spacial score (nSPS) is 22.2. The average molecular weight is 506 g/mol. The maximum Gasteiger partial charge on any atom is 0.317 e. The van der Waals surface area contributed by atoms with Gasteiger partial charge in [-0.1, -0.05) is 48.0 Å². The summed E-state index contributed by atoms with van der Waals surface area (Å²) in [4.78, 5) is 43.5. The van der Waals surface area contributed by atoms with Crippen molar-refractivity contribution in [3.63, 3.8) is 0 Å². The van der Waals surface area contributed by atoms with E-state index < -0.39 is 23.7 Å². The summed E-state index contributed by atoms with van der Waals surface area (Å²) in [5.74, 6) is -2.73. The number of anilines is 1. The molecular weight excluding hydrogens is 482 g/mol. The Morgan fingerprint density at radius 2 is 1.86 bits per heavy atom. The number of carbonyl (C=O) groups excluding carboxylic acids is 3. The van der Waals surface area contributed by atoms with Crippen molar-refractivity contribution in [1.29, 1.82) is 0 Å². The van der Waals surface area contributed by atoms with Gasteiger partial charge in [-0.05, 0) is 54.6 Å². The number of hydrogen-bond acceptors (Lipinski definition) is 5. The minimum absolute atomic E-state index is 0.0905. The Labute approximate surface area is 213 Å². The summed E-state index contributed by atoms with van der Waals surface area (Å²) in [6.45, 7) is 1.93. The molecule has 0 spiro atoms. The predicted molar refractivity (Wildman–Crippen MR) is 137 cm³/mol. The number of benzene rings is 2. The van der Waals surface area contributed by atoms with Crippen LogP contribution < -0.4 is 4.90 Å². The summed E-state index contributed by atoms with van der Waals surface area (Å²) in [5, 5.41) is 2.46. The van der Waals surface area contributed by atoms with E-state index >= 15 is 0 Å². The van der Waals surface area contributed by atoms with Gasteiger partial charge in [-0.15, -0.1) is 11.3 Å². The summed E-state index contributed by atoms with van der Waals surface area (Å²) < 4.78 is 5.37. The van der Waals surface area contributed by atoms with Gasteiger partial charge in [0.25, 0.3) is 0 Å². The van der Waals surface area contributed by atoms with Crippen LogP contribution in [0.5, 0.6) is 0 Å². The summed E-state index contributed by atoms with van der Waals surface area (Å²) >= 11 is 7.78. The summed E-state index contributed by atoms with van der Waals surface area (Å²) in [6, 6.07) is 20.5. The number of halogens is 1. The highest BCUT2D eigenvalue weighted by Gasteiger charge is 2.50. The third-order valence-corrected chi connectivity index (χ3v) is 7.87. The van der Waals surface area contributed by atoms with Crippen molar-refractivity contribution in [2.75, 3.05) is 11.5 Å². The number of hydrogen-bond donors (Lipinski definition) is 0. The number of nitrogens with zero attached hydrogens (tertiary/aromatic N) is 1. The van der Waals surface area contributed by atoms with Crippen LogP contribution in [0, 0.1) is 5.92 Å². The zero-order valence-electron chi connectivity index (χ0n) is 19.1. The quantitative estimate of drug-likeness (QED) is 0.310. The number of Topliss-reactive ketones (excluding diaryl/α,β-unsaturated/α-hetero) is 1. The Bertz CT molecular complexity index is 1300. The van der Waals surface area contributed by atoms with E-state index in [1.54, 1.807) is 24.0 Å². The molecule has 3 atom stereocenters. The molecule has 5 nitrogen and oxygen atoms in total. The van der Waals surface area contributed by atoms with E-state index in [2.05, 4.69) is 0 Å². The molecule has 5 rings (SSSR count). The zero-order valence-corrected chi connectivity index (χ0v) is 20.7. The number of rotatable bonds is 5. The lowest BCUT2D eigenvalue weighted by Gasteiger charge is -2.42. The highest BCUT2D eigenvalue weighted by Crippen LogP contribution is 2.50. The van der Waals surface area contributed by atoms with Crippen molar-refractivity contribution in [2.24, 2.45) is 5.92 Å². The van der Waals surface area contributed by atoms with Crippen molar-refractivity contribution in [2.45, 2.75) is 31.6 Å². The minimum atomic E-state index is -0.958. The molecule has 0 saturated carbocycles. The largest absolute Gasteiger partial charge is 0.465 e. The van der Waals surface area contributed by atoms with Crippen molar-refractivity contribution >= 4 is 46.3 Å². The number of ketones is 1. The SMILES string of the molecule is CCOC(=O)[C@H]1C(=O)C2=C(C[C@H]1c1cccs1)N(c1ccccc1)C(=O)C[C@H]2c1cccc(Cl)c1. The molecule has 0 N–H and O–H groups in total. The van der Waals surface area contributed by atoms with Gasteiger partial charge in [0, 0.05) is 45.1 Å². The summed E-state index contributed by atoms with van der Waals surface area (Å²) in [6.07, 6.45) is 0.488. The summed E-state index contributed by atoms with van der Waals surface area (Å²) in [7, 11) is 0. The van der Waals surface area contributed by atoms with Crippen molar-refractivity contribution in [3.8, 4) is 0 Å². The van der Waals surface area contributed by atoms with Gasteiger partial charge < -0.3 is 4.74 Å². The summed E-state index contributed by atoms with van der Waals surface area (Å²) in [5.41, 5.74) is 2.65. The fourth-order valence-corrected chi connectivity index (χ4v) is 6.25. The number of allylic oxidation sites excluding steroid dienone is 2. The molecule has 0 radical (unpaired) electrons. The molecule has 1 amide bonds. The average Bonchev–Trinajstić information content (AvgIpc) is 3.39. The second kappa shape index (κ2) is 9.80. The monoisotopic (exact) mass is 505 g/mol. The van der Waals surface area contributed by atoms with Crippen molar-refractivity contribution < 1.29 is 19.1 Å². The first-order valence-electron chi connectivity index (χ1n) is 11.6. The Kier molecular flexibility index (Phi) is 6.58. The van der Waals surface area contributed by atoms with Gasteiger partial charge in [0.1, 0.15) is 5.92 Å². The molecule has 0 unspecified atom stereocenters. The Morgan fingerprint density at radius 1 is 1.06 bits per heavy atom. The Balaban J connectivity index is 1.72.